The first-order valence-electron chi connectivity index (χ1n) is 13.1. The number of fused-ring (bicyclic) bond motifs is 1. The minimum Gasteiger partial charge on any atom is -0.507 e. The normalized spacial score (nSPS) is 14.5. The molecule has 3 aromatic carbocycles. The van der Waals surface area contributed by atoms with Crippen LogP contribution >= 0.6 is 11.6 Å². The highest BCUT2D eigenvalue weighted by Crippen LogP contribution is 2.47. The average Bonchev–Trinajstić information content (AvgIpc) is 3.46. The van der Waals surface area contributed by atoms with Gasteiger partial charge >= 0.3 is 0 Å². The number of ether oxygens (including phenoxy) is 2. The number of hydrogen-bond donors (Lipinski definition) is 2. The summed E-state index contributed by atoms with van der Waals surface area (Å²) in [4.78, 5) is 15.6. The van der Waals surface area contributed by atoms with Crippen molar-refractivity contribution in [3.63, 3.8) is 0 Å². The first-order chi connectivity index (χ1) is 18.8. The van der Waals surface area contributed by atoms with Crippen LogP contribution in [0.25, 0.3) is 11.3 Å². The Balaban J connectivity index is 1.64. The molecule has 4 aromatic rings. The van der Waals surface area contributed by atoms with Gasteiger partial charge in [0.25, 0.3) is 5.91 Å². The number of halogens is 1. The Hall–Kier alpha value is -3.97. The maximum atomic E-state index is 13.8. The topological polar surface area (TPSA) is 87.7 Å². The number of aromatic nitrogens is 2. The van der Waals surface area contributed by atoms with Crippen LogP contribution in [0, 0.1) is 13.8 Å². The van der Waals surface area contributed by atoms with E-state index in [2.05, 4.69) is 17.1 Å². The van der Waals surface area contributed by atoms with Crippen molar-refractivity contribution in [2.75, 3.05) is 13.7 Å². The van der Waals surface area contributed by atoms with Gasteiger partial charge in [-0.25, -0.2) is 0 Å². The van der Waals surface area contributed by atoms with Gasteiger partial charge in [-0.1, -0.05) is 60.8 Å². The molecule has 0 radical (unpaired) electrons. The first-order valence-corrected chi connectivity index (χ1v) is 13.4. The predicted molar refractivity (Wildman–Crippen MR) is 152 cm³/mol. The molecule has 1 amide bonds. The summed E-state index contributed by atoms with van der Waals surface area (Å²) < 4.78 is 11.6. The molecule has 1 aliphatic rings. The molecule has 0 bridgehead atoms. The van der Waals surface area contributed by atoms with Gasteiger partial charge in [0.2, 0.25) is 0 Å². The second-order valence-electron chi connectivity index (χ2n) is 9.91. The number of unbranched alkanes of at least 4 members (excludes halogenated alkanes) is 1. The van der Waals surface area contributed by atoms with Gasteiger partial charge in [-0.05, 0) is 61.2 Å². The molecule has 2 heterocycles. The average molecular weight is 546 g/mol. The van der Waals surface area contributed by atoms with E-state index in [0.717, 1.165) is 35.1 Å². The Morgan fingerprint density at radius 3 is 2.56 bits per heavy atom. The molecule has 0 saturated heterocycles. The molecule has 5 rings (SSSR count). The van der Waals surface area contributed by atoms with Gasteiger partial charge in [-0.3, -0.25) is 9.89 Å². The van der Waals surface area contributed by atoms with E-state index in [4.69, 9.17) is 21.1 Å². The molecule has 7 nitrogen and oxygen atoms in total. The number of methoxy groups -OCH3 is 1. The summed E-state index contributed by atoms with van der Waals surface area (Å²) in [6, 6.07) is 16.7. The fourth-order valence-electron chi connectivity index (χ4n) is 4.96. The Bertz CT molecular complexity index is 1510. The maximum absolute atomic E-state index is 13.8. The van der Waals surface area contributed by atoms with Crippen LogP contribution in [0.15, 0.2) is 54.6 Å². The SMILES string of the molecule is CCCCOc1ccc(C2c3c(-c4cc(Cl)c(C)cc4O)n[nH]c3C(=O)N2Cc2ccc(C)cc2)cc1OC. The van der Waals surface area contributed by atoms with Crippen molar-refractivity contribution in [1.29, 1.82) is 0 Å². The van der Waals surface area contributed by atoms with Crippen molar-refractivity contribution in [3.8, 4) is 28.5 Å². The minimum absolute atomic E-state index is 0.0478. The molecule has 1 aliphatic heterocycles. The Morgan fingerprint density at radius 2 is 1.85 bits per heavy atom. The van der Waals surface area contributed by atoms with E-state index in [9.17, 15) is 9.90 Å². The molecule has 0 aliphatic carbocycles. The second kappa shape index (κ2) is 11.0. The number of aromatic hydroxyl groups is 1. The van der Waals surface area contributed by atoms with E-state index in [0.29, 0.717) is 52.2 Å². The lowest BCUT2D eigenvalue weighted by Crippen LogP contribution is -2.29. The summed E-state index contributed by atoms with van der Waals surface area (Å²) in [5.74, 6) is 1.12. The fraction of sp³-hybridized carbons (Fsp3) is 0.290. The number of amides is 1. The van der Waals surface area contributed by atoms with Gasteiger partial charge in [0.05, 0.1) is 19.8 Å². The summed E-state index contributed by atoms with van der Waals surface area (Å²) in [5, 5.41) is 18.8. The number of H-pyrrole nitrogens is 1. The number of nitrogens with one attached hydrogen (secondary N) is 1. The number of nitrogens with zero attached hydrogens (tertiary/aromatic N) is 2. The van der Waals surface area contributed by atoms with E-state index in [1.54, 1.807) is 19.2 Å². The van der Waals surface area contributed by atoms with Gasteiger partial charge in [0.15, 0.2) is 11.5 Å². The lowest BCUT2D eigenvalue weighted by molar-refractivity contribution is 0.0730. The summed E-state index contributed by atoms with van der Waals surface area (Å²) in [7, 11) is 1.61. The number of rotatable bonds is 9. The zero-order chi connectivity index (χ0) is 27.7. The van der Waals surface area contributed by atoms with Crippen molar-refractivity contribution in [2.24, 2.45) is 0 Å². The third-order valence-corrected chi connectivity index (χ3v) is 7.54. The molecule has 1 atom stereocenters. The highest BCUT2D eigenvalue weighted by atomic mass is 35.5. The minimum atomic E-state index is -0.486. The third-order valence-electron chi connectivity index (χ3n) is 7.13. The smallest absolute Gasteiger partial charge is 0.273 e. The quantitative estimate of drug-likeness (QED) is 0.221. The molecule has 202 valence electrons. The summed E-state index contributed by atoms with van der Waals surface area (Å²) >= 11 is 6.44. The Morgan fingerprint density at radius 1 is 1.08 bits per heavy atom. The van der Waals surface area contributed by atoms with Gasteiger partial charge in [-0.2, -0.15) is 5.10 Å². The van der Waals surface area contributed by atoms with Gasteiger partial charge in [0.1, 0.15) is 17.1 Å². The zero-order valence-corrected chi connectivity index (χ0v) is 23.3. The van der Waals surface area contributed by atoms with E-state index in [1.807, 2.05) is 61.2 Å². The Kier molecular flexibility index (Phi) is 7.53. The molecule has 0 spiro atoms. The molecular weight excluding hydrogens is 514 g/mol. The van der Waals surface area contributed by atoms with Crippen LogP contribution in [0.3, 0.4) is 0 Å². The van der Waals surface area contributed by atoms with E-state index in [-0.39, 0.29) is 11.7 Å². The van der Waals surface area contributed by atoms with Crippen LogP contribution in [0.4, 0.5) is 0 Å². The molecule has 2 N–H and O–H groups in total. The molecule has 0 fully saturated rings. The van der Waals surface area contributed by atoms with Crippen LogP contribution in [0.1, 0.15) is 64.1 Å². The van der Waals surface area contributed by atoms with Gasteiger partial charge in [0, 0.05) is 22.7 Å². The van der Waals surface area contributed by atoms with Crippen LogP contribution in [0.2, 0.25) is 5.02 Å². The number of carbonyl (C=O) groups is 1. The molecular formula is C31H32ClN3O4. The highest BCUT2D eigenvalue weighted by molar-refractivity contribution is 6.31. The van der Waals surface area contributed by atoms with Crippen LogP contribution in [-0.4, -0.2) is 39.8 Å². The summed E-state index contributed by atoms with van der Waals surface area (Å²) in [6.45, 7) is 6.96. The van der Waals surface area contributed by atoms with Crippen molar-refractivity contribution >= 4 is 17.5 Å². The lowest BCUT2D eigenvalue weighted by Gasteiger charge is -2.27. The first kappa shape index (κ1) is 26.6. The number of carbonyl (C=O) groups excluding carboxylic acids is 1. The summed E-state index contributed by atoms with van der Waals surface area (Å²) in [6.07, 6.45) is 1.97. The van der Waals surface area contributed by atoms with E-state index in [1.165, 1.54) is 0 Å². The van der Waals surface area contributed by atoms with Crippen LogP contribution < -0.4 is 9.47 Å². The maximum Gasteiger partial charge on any atom is 0.273 e. The lowest BCUT2D eigenvalue weighted by atomic mass is 9.94. The summed E-state index contributed by atoms with van der Waals surface area (Å²) in [5.41, 5.74) is 5.77. The monoisotopic (exact) mass is 545 g/mol. The molecule has 8 heteroatoms. The number of aromatic amines is 1. The number of phenols is 1. The van der Waals surface area contributed by atoms with Crippen molar-refractivity contribution in [3.05, 3.63) is 93.1 Å². The van der Waals surface area contributed by atoms with E-state index >= 15 is 0 Å². The molecule has 39 heavy (non-hydrogen) atoms. The van der Waals surface area contributed by atoms with Crippen molar-refractivity contribution in [2.45, 2.75) is 46.2 Å². The second-order valence-corrected chi connectivity index (χ2v) is 10.3. The van der Waals surface area contributed by atoms with Crippen LogP contribution in [0.5, 0.6) is 17.2 Å². The molecule has 0 saturated carbocycles. The highest BCUT2D eigenvalue weighted by Gasteiger charge is 2.43. The van der Waals surface area contributed by atoms with Crippen LogP contribution in [-0.2, 0) is 6.54 Å². The number of benzene rings is 3. The van der Waals surface area contributed by atoms with Gasteiger partial charge < -0.3 is 19.5 Å². The largest absolute Gasteiger partial charge is 0.507 e. The molecule has 1 aromatic heterocycles. The zero-order valence-electron chi connectivity index (χ0n) is 22.5. The fourth-order valence-corrected chi connectivity index (χ4v) is 5.12. The standard InChI is InChI=1S/C31H32ClN3O4/c1-5-6-13-39-25-12-11-21(15-26(25)38-4)30-27-28(22-16-23(32)19(3)14-24(22)36)33-34-29(27)31(37)35(30)17-20-9-7-18(2)8-10-20/h7-12,14-16,30,36H,5-6,13,17H2,1-4H3,(H,33,34). The van der Waals surface area contributed by atoms with Gasteiger partial charge in [-0.15, -0.1) is 0 Å². The molecule has 1 unspecified atom stereocenters. The predicted octanol–water partition coefficient (Wildman–Crippen LogP) is 6.99. The number of aryl methyl sites for hydroxylation is 2. The number of phenolic OH excluding ortho intramolecular Hbond substituents is 1. The van der Waals surface area contributed by atoms with E-state index < -0.39 is 6.04 Å². The third kappa shape index (κ3) is 5.06. The van der Waals surface area contributed by atoms with Crippen molar-refractivity contribution < 1.29 is 19.4 Å². The van der Waals surface area contributed by atoms with Crippen molar-refractivity contribution in [1.82, 2.24) is 15.1 Å². The number of hydrogen-bond acceptors (Lipinski definition) is 5. The Labute approximate surface area is 233 Å².